The van der Waals surface area contributed by atoms with Crippen molar-refractivity contribution >= 4 is 11.3 Å². The summed E-state index contributed by atoms with van der Waals surface area (Å²) >= 11 is 1.57. The van der Waals surface area contributed by atoms with Crippen LogP contribution in [0.15, 0.2) is 18.2 Å². The van der Waals surface area contributed by atoms with E-state index in [1.54, 1.807) is 17.4 Å². The van der Waals surface area contributed by atoms with E-state index in [0.717, 1.165) is 15.6 Å². The molecule has 1 unspecified atom stereocenters. The summed E-state index contributed by atoms with van der Waals surface area (Å²) in [5.41, 5.74) is 1.62. The molecule has 0 aliphatic rings. The lowest BCUT2D eigenvalue weighted by Gasteiger charge is -2.11. The summed E-state index contributed by atoms with van der Waals surface area (Å²) in [6.45, 7) is 3.95. The van der Waals surface area contributed by atoms with Crippen LogP contribution < -0.4 is 4.74 Å². The minimum Gasteiger partial charge on any atom is -0.494 e. The topological polar surface area (TPSA) is 42.4 Å². The molecule has 0 amide bonds. The molecule has 1 aromatic heterocycles. The lowest BCUT2D eigenvalue weighted by atomic mass is 10.1. The van der Waals surface area contributed by atoms with Crippen molar-refractivity contribution in [3.8, 4) is 5.75 Å². The third-order valence-corrected chi connectivity index (χ3v) is 4.10. The number of hydrogen-bond acceptors (Lipinski definition) is 4. The number of hydrogen-bond donors (Lipinski definition) is 1. The van der Waals surface area contributed by atoms with Crippen LogP contribution in [0.2, 0.25) is 0 Å². The molecule has 0 aliphatic carbocycles. The van der Waals surface area contributed by atoms with Crippen molar-refractivity contribution in [2.24, 2.45) is 0 Å². The highest BCUT2D eigenvalue weighted by Crippen LogP contribution is 2.26. The van der Waals surface area contributed by atoms with E-state index in [2.05, 4.69) is 4.98 Å². The molecular formula is C14H16FNO2S. The monoisotopic (exact) mass is 281 g/mol. The number of rotatable bonds is 4. The van der Waals surface area contributed by atoms with Crippen LogP contribution in [0.1, 0.15) is 27.2 Å². The second kappa shape index (κ2) is 5.67. The first-order chi connectivity index (χ1) is 9.01. The highest BCUT2D eigenvalue weighted by Gasteiger charge is 2.14. The summed E-state index contributed by atoms with van der Waals surface area (Å²) in [6.07, 6.45) is -0.284. The summed E-state index contributed by atoms with van der Waals surface area (Å²) in [5.74, 6) is -0.289. The van der Waals surface area contributed by atoms with E-state index in [4.69, 9.17) is 4.74 Å². The Hall–Kier alpha value is -1.46. The third kappa shape index (κ3) is 3.11. The lowest BCUT2D eigenvalue weighted by Crippen LogP contribution is -2.02. The molecule has 1 atom stereocenters. The van der Waals surface area contributed by atoms with Gasteiger partial charge in [-0.2, -0.15) is 0 Å². The second-order valence-electron chi connectivity index (χ2n) is 4.36. The Morgan fingerprint density at radius 2 is 2.16 bits per heavy atom. The van der Waals surface area contributed by atoms with Gasteiger partial charge in [0.15, 0.2) is 11.6 Å². The van der Waals surface area contributed by atoms with Crippen LogP contribution in [0.3, 0.4) is 0 Å². The van der Waals surface area contributed by atoms with E-state index in [9.17, 15) is 9.50 Å². The predicted octanol–water partition coefficient (Wildman–Crippen LogP) is 3.18. The molecule has 0 spiro atoms. The molecule has 5 heteroatoms. The van der Waals surface area contributed by atoms with E-state index in [1.807, 2.05) is 13.8 Å². The van der Waals surface area contributed by atoms with Crippen LogP contribution in [0.4, 0.5) is 4.39 Å². The van der Waals surface area contributed by atoms with Gasteiger partial charge in [0.1, 0.15) is 0 Å². The quantitative estimate of drug-likeness (QED) is 0.936. The number of ether oxygens (including phenoxy) is 1. The third-order valence-electron chi connectivity index (χ3n) is 3.00. The van der Waals surface area contributed by atoms with Gasteiger partial charge in [0, 0.05) is 11.3 Å². The summed E-state index contributed by atoms with van der Waals surface area (Å²) in [4.78, 5) is 5.54. The first-order valence-electron chi connectivity index (χ1n) is 5.95. The summed E-state index contributed by atoms with van der Waals surface area (Å²) in [6, 6.07) is 4.39. The van der Waals surface area contributed by atoms with E-state index in [-0.39, 0.29) is 5.75 Å². The molecule has 102 valence electrons. The number of aliphatic hydroxyl groups excluding tert-OH is 1. The number of methoxy groups -OCH3 is 1. The maximum Gasteiger partial charge on any atom is 0.165 e. The van der Waals surface area contributed by atoms with Gasteiger partial charge in [0.25, 0.3) is 0 Å². The second-order valence-corrected chi connectivity index (χ2v) is 5.65. The largest absolute Gasteiger partial charge is 0.494 e. The standard InChI is InChI=1S/C14H16FNO2S/c1-8-9(2)19-14(16-8)7-12(17)10-4-5-11(15)13(6-10)18-3/h4-6,12,17H,7H2,1-3H3. The Labute approximate surface area is 115 Å². The first-order valence-corrected chi connectivity index (χ1v) is 6.77. The van der Waals surface area contributed by atoms with Gasteiger partial charge in [0.05, 0.1) is 23.9 Å². The molecule has 1 heterocycles. The maximum absolute atomic E-state index is 13.3. The minimum atomic E-state index is -0.709. The Morgan fingerprint density at radius 1 is 1.42 bits per heavy atom. The Bertz CT molecular complexity index is 563. The number of benzene rings is 1. The molecule has 19 heavy (non-hydrogen) atoms. The number of aliphatic hydroxyl groups is 1. The zero-order valence-electron chi connectivity index (χ0n) is 11.1. The van der Waals surface area contributed by atoms with Gasteiger partial charge in [-0.05, 0) is 31.5 Å². The van der Waals surface area contributed by atoms with Gasteiger partial charge in [-0.3, -0.25) is 0 Å². The fourth-order valence-electron chi connectivity index (χ4n) is 1.79. The van der Waals surface area contributed by atoms with Crippen LogP contribution in [-0.4, -0.2) is 17.2 Å². The van der Waals surface area contributed by atoms with Gasteiger partial charge >= 0.3 is 0 Å². The zero-order chi connectivity index (χ0) is 14.0. The number of aromatic nitrogens is 1. The predicted molar refractivity (Wildman–Crippen MR) is 73.2 cm³/mol. The molecule has 0 saturated carbocycles. The molecule has 3 nitrogen and oxygen atoms in total. The average Bonchev–Trinajstić information content (AvgIpc) is 2.68. The Morgan fingerprint density at radius 3 is 2.74 bits per heavy atom. The van der Waals surface area contributed by atoms with Crippen molar-refractivity contribution in [2.45, 2.75) is 26.4 Å². The van der Waals surface area contributed by atoms with Crippen molar-refractivity contribution in [1.82, 2.24) is 4.98 Å². The number of thiazole rings is 1. The molecule has 1 N–H and O–H groups in total. The highest BCUT2D eigenvalue weighted by molar-refractivity contribution is 7.11. The Kier molecular flexibility index (Phi) is 4.17. The van der Waals surface area contributed by atoms with Crippen LogP contribution in [0.5, 0.6) is 5.75 Å². The highest BCUT2D eigenvalue weighted by atomic mass is 32.1. The van der Waals surface area contributed by atoms with Crippen LogP contribution in [-0.2, 0) is 6.42 Å². The first kappa shape index (κ1) is 14.0. The van der Waals surface area contributed by atoms with Gasteiger partial charge in [-0.25, -0.2) is 9.37 Å². The zero-order valence-corrected chi connectivity index (χ0v) is 11.9. The lowest BCUT2D eigenvalue weighted by molar-refractivity contribution is 0.177. The van der Waals surface area contributed by atoms with Crippen molar-refractivity contribution in [1.29, 1.82) is 0 Å². The molecule has 0 bridgehead atoms. The number of aryl methyl sites for hydroxylation is 2. The summed E-state index contributed by atoms with van der Waals surface area (Å²) in [5, 5.41) is 11.1. The van der Waals surface area contributed by atoms with Crippen LogP contribution in [0, 0.1) is 19.7 Å². The van der Waals surface area contributed by atoms with Crippen molar-refractivity contribution in [3.63, 3.8) is 0 Å². The van der Waals surface area contributed by atoms with Gasteiger partial charge in [0.2, 0.25) is 0 Å². The molecule has 2 aromatic rings. The van der Waals surface area contributed by atoms with Crippen LogP contribution in [0.25, 0.3) is 0 Å². The maximum atomic E-state index is 13.3. The molecule has 1 aromatic carbocycles. The SMILES string of the molecule is COc1cc(C(O)Cc2nc(C)c(C)s2)ccc1F. The molecule has 0 radical (unpaired) electrons. The smallest absolute Gasteiger partial charge is 0.165 e. The molecule has 0 aliphatic heterocycles. The Balaban J connectivity index is 2.17. The number of halogens is 1. The van der Waals surface area contributed by atoms with Crippen molar-refractivity contribution in [3.05, 3.63) is 45.2 Å². The van der Waals surface area contributed by atoms with Crippen molar-refractivity contribution < 1.29 is 14.2 Å². The van der Waals surface area contributed by atoms with Crippen molar-refractivity contribution in [2.75, 3.05) is 7.11 Å². The van der Waals surface area contributed by atoms with Gasteiger partial charge in [-0.15, -0.1) is 11.3 Å². The molecular weight excluding hydrogens is 265 g/mol. The fourth-order valence-corrected chi connectivity index (χ4v) is 2.76. The van der Waals surface area contributed by atoms with Crippen LogP contribution >= 0.6 is 11.3 Å². The van der Waals surface area contributed by atoms with Gasteiger partial charge < -0.3 is 9.84 Å². The number of nitrogens with zero attached hydrogens (tertiary/aromatic N) is 1. The normalized spacial score (nSPS) is 12.5. The van der Waals surface area contributed by atoms with E-state index in [0.29, 0.717) is 12.0 Å². The average molecular weight is 281 g/mol. The minimum absolute atomic E-state index is 0.142. The summed E-state index contributed by atoms with van der Waals surface area (Å²) < 4.78 is 18.2. The molecule has 0 fully saturated rings. The fraction of sp³-hybridized carbons (Fsp3) is 0.357. The van der Waals surface area contributed by atoms with E-state index >= 15 is 0 Å². The van der Waals surface area contributed by atoms with Gasteiger partial charge in [-0.1, -0.05) is 6.07 Å². The molecule has 0 saturated heterocycles. The summed E-state index contributed by atoms with van der Waals surface area (Å²) in [7, 11) is 1.40. The van der Waals surface area contributed by atoms with E-state index in [1.165, 1.54) is 19.2 Å². The molecule has 2 rings (SSSR count). The van der Waals surface area contributed by atoms with E-state index < -0.39 is 11.9 Å².